The molecule has 0 aliphatic carbocycles. The summed E-state index contributed by atoms with van der Waals surface area (Å²) in [5.74, 6) is 1.20. The van der Waals surface area contributed by atoms with Gasteiger partial charge in [-0.2, -0.15) is 13.2 Å². The van der Waals surface area contributed by atoms with Crippen LogP contribution in [0.1, 0.15) is 43.7 Å². The molecule has 31 heavy (non-hydrogen) atoms. The molecule has 0 saturated carbocycles. The molecule has 0 bridgehead atoms. The van der Waals surface area contributed by atoms with Crippen LogP contribution in [0.15, 0.2) is 29.4 Å². The van der Waals surface area contributed by atoms with Crippen molar-refractivity contribution in [3.05, 3.63) is 35.4 Å². The molecule has 1 atom stereocenters. The number of alkyl halides is 3. The molecule has 176 valence electrons. The number of benzene rings is 1. The summed E-state index contributed by atoms with van der Waals surface area (Å²) in [6.45, 7) is 6.96. The Balaban J connectivity index is 2.31. The van der Waals surface area contributed by atoms with Gasteiger partial charge in [0.25, 0.3) is 0 Å². The van der Waals surface area contributed by atoms with Crippen molar-refractivity contribution in [1.82, 2.24) is 0 Å². The number of oxime groups is 1. The molecular formula is C22H32F3NO4S. The van der Waals surface area contributed by atoms with Crippen LogP contribution < -0.4 is 9.47 Å². The van der Waals surface area contributed by atoms with Crippen LogP contribution in [-0.2, 0) is 15.6 Å². The van der Waals surface area contributed by atoms with E-state index in [-0.39, 0.29) is 5.75 Å². The smallest absolute Gasteiger partial charge is 0.433 e. The van der Waals surface area contributed by atoms with Crippen molar-refractivity contribution >= 4 is 16.5 Å². The van der Waals surface area contributed by atoms with Crippen LogP contribution in [-0.4, -0.2) is 47.9 Å². The first-order valence-corrected chi connectivity index (χ1v) is 11.7. The highest BCUT2D eigenvalue weighted by Crippen LogP contribution is 2.28. The molecule has 0 spiro atoms. The number of aryl methyl sites for hydroxylation is 2. The molecule has 0 fully saturated rings. The third-order valence-electron chi connectivity index (χ3n) is 4.35. The Labute approximate surface area is 185 Å². The first kappa shape index (κ1) is 27.0. The molecule has 0 heterocycles. The minimum Gasteiger partial charge on any atom is -0.493 e. The van der Waals surface area contributed by atoms with E-state index in [1.54, 1.807) is 0 Å². The van der Waals surface area contributed by atoms with E-state index in [1.165, 1.54) is 0 Å². The van der Waals surface area contributed by atoms with E-state index in [2.05, 4.69) is 9.99 Å². The Kier molecular flexibility index (Phi) is 12.3. The summed E-state index contributed by atoms with van der Waals surface area (Å²) in [6.07, 6.45) is 2.25. The van der Waals surface area contributed by atoms with Gasteiger partial charge < -0.3 is 14.3 Å². The maximum Gasteiger partial charge on any atom is 0.433 e. The highest BCUT2D eigenvalue weighted by molar-refractivity contribution is 7.85. The Bertz CT molecular complexity index is 741. The summed E-state index contributed by atoms with van der Waals surface area (Å²) in [5.41, 5.74) is 0.860. The molecule has 5 nitrogen and oxygen atoms in total. The monoisotopic (exact) mass is 463 g/mol. The largest absolute Gasteiger partial charge is 0.493 e. The summed E-state index contributed by atoms with van der Waals surface area (Å²) < 4.78 is 61.6. The fourth-order valence-corrected chi connectivity index (χ4v) is 4.04. The molecular weight excluding hydrogens is 431 g/mol. The molecule has 0 aliphatic rings. The molecule has 0 N–H and O–H groups in total. The van der Waals surface area contributed by atoms with Crippen molar-refractivity contribution in [2.45, 2.75) is 52.6 Å². The molecule has 0 aromatic heterocycles. The molecule has 0 saturated heterocycles. The summed E-state index contributed by atoms with van der Waals surface area (Å²) in [7, 11) is -0.590. The zero-order chi connectivity index (χ0) is 23.3. The fraction of sp³-hybridized carbons (Fsp3) is 0.591. The lowest BCUT2D eigenvalue weighted by atomic mass is 10.1. The van der Waals surface area contributed by atoms with Gasteiger partial charge in [-0.05, 0) is 56.9 Å². The molecule has 0 amide bonds. The summed E-state index contributed by atoms with van der Waals surface area (Å²) in [6, 6.07) is 3.90. The van der Waals surface area contributed by atoms with E-state index in [1.807, 2.05) is 45.1 Å². The Hall–Kier alpha value is -2.03. The number of hydrogen-bond donors (Lipinski definition) is 0. The van der Waals surface area contributed by atoms with Crippen LogP contribution in [0.25, 0.3) is 0 Å². The number of rotatable bonds is 14. The van der Waals surface area contributed by atoms with Gasteiger partial charge in [0.15, 0.2) is 5.71 Å². The fourth-order valence-electron chi connectivity index (χ4n) is 2.85. The summed E-state index contributed by atoms with van der Waals surface area (Å²) in [4.78, 5) is 4.19. The Morgan fingerprint density at radius 1 is 1.10 bits per heavy atom. The van der Waals surface area contributed by atoms with E-state index in [4.69, 9.17) is 9.47 Å². The van der Waals surface area contributed by atoms with Gasteiger partial charge in [-0.25, -0.2) is 0 Å². The third-order valence-corrected chi connectivity index (χ3v) is 5.69. The number of hydrogen-bond acceptors (Lipinski definition) is 5. The predicted molar refractivity (Wildman–Crippen MR) is 119 cm³/mol. The molecule has 9 heteroatoms. The third kappa shape index (κ3) is 10.7. The second-order valence-electron chi connectivity index (χ2n) is 7.04. The van der Waals surface area contributed by atoms with E-state index in [0.717, 1.165) is 49.0 Å². The number of halogens is 3. The Morgan fingerprint density at radius 3 is 2.32 bits per heavy atom. The topological polar surface area (TPSA) is 57.1 Å². The number of ether oxygens (including phenoxy) is 2. The predicted octanol–water partition coefficient (Wildman–Crippen LogP) is 5.51. The summed E-state index contributed by atoms with van der Waals surface area (Å²) in [5, 5.41) is 2.94. The van der Waals surface area contributed by atoms with Gasteiger partial charge in [0.2, 0.25) is 0 Å². The lowest BCUT2D eigenvalue weighted by Crippen LogP contribution is -2.29. The van der Waals surface area contributed by atoms with Crippen LogP contribution in [0.3, 0.4) is 0 Å². The average Bonchev–Trinajstić information content (AvgIpc) is 2.68. The van der Waals surface area contributed by atoms with E-state index in [0.29, 0.717) is 19.6 Å². The summed E-state index contributed by atoms with van der Waals surface area (Å²) >= 11 is 0. The van der Waals surface area contributed by atoms with Crippen molar-refractivity contribution < 1.29 is 31.7 Å². The van der Waals surface area contributed by atoms with Gasteiger partial charge in [-0.15, -0.1) is 0 Å². The van der Waals surface area contributed by atoms with Crippen molar-refractivity contribution in [1.29, 1.82) is 0 Å². The van der Waals surface area contributed by atoms with Crippen LogP contribution in [0, 0.1) is 13.8 Å². The van der Waals surface area contributed by atoms with Crippen molar-refractivity contribution in [2.24, 2.45) is 5.16 Å². The van der Waals surface area contributed by atoms with Crippen molar-refractivity contribution in [3.8, 4) is 11.5 Å². The first-order chi connectivity index (χ1) is 14.7. The zero-order valence-corrected chi connectivity index (χ0v) is 19.4. The quantitative estimate of drug-likeness (QED) is 0.158. The lowest BCUT2D eigenvalue weighted by molar-refractivity contribution is -0.0618. The van der Waals surface area contributed by atoms with E-state index < -0.39 is 28.4 Å². The van der Waals surface area contributed by atoms with Crippen LogP contribution >= 0.6 is 0 Å². The molecule has 1 rings (SSSR count). The maximum atomic E-state index is 12.7. The van der Waals surface area contributed by atoms with Crippen LogP contribution in [0.2, 0.25) is 0 Å². The Morgan fingerprint density at radius 2 is 1.74 bits per heavy atom. The van der Waals surface area contributed by atoms with Gasteiger partial charge in [-0.1, -0.05) is 30.1 Å². The highest BCUT2D eigenvalue weighted by Gasteiger charge is 2.37. The number of allylic oxidation sites excluding steroid dienone is 1. The van der Waals surface area contributed by atoms with Gasteiger partial charge in [0.1, 0.15) is 25.2 Å². The zero-order valence-electron chi connectivity index (χ0n) is 18.6. The average molecular weight is 464 g/mol. The van der Waals surface area contributed by atoms with Gasteiger partial charge in [0, 0.05) is 16.6 Å². The van der Waals surface area contributed by atoms with Crippen molar-refractivity contribution in [2.75, 3.05) is 31.8 Å². The molecule has 0 radical (unpaired) electrons. The molecule has 1 aromatic rings. The molecule has 1 aromatic carbocycles. The highest BCUT2D eigenvalue weighted by atomic mass is 32.2. The molecule has 0 aliphatic heterocycles. The van der Waals surface area contributed by atoms with Crippen molar-refractivity contribution in [3.63, 3.8) is 0 Å². The number of unbranched alkanes of at least 4 members (excludes halogenated alkanes) is 3. The lowest BCUT2D eigenvalue weighted by Gasteiger charge is -2.14. The number of nitrogens with zero attached hydrogens (tertiary/aromatic N) is 1. The van der Waals surface area contributed by atoms with Gasteiger partial charge in [0.05, 0.1) is 12.4 Å². The van der Waals surface area contributed by atoms with Crippen LogP contribution in [0.4, 0.5) is 13.2 Å². The second kappa shape index (κ2) is 14.1. The first-order valence-electron chi connectivity index (χ1n) is 10.2. The van der Waals surface area contributed by atoms with E-state index in [9.17, 15) is 17.4 Å². The standard InChI is InChI=1S/C22H32F3NO4S/c1-5-6-11-29-19-14-17(2)21(18(3)15-19)30-12-9-7-8-10-13-31(27)16-20(26-28-4)22(23,24)25/h5-6,14-15H,7-13,16H2,1-4H3/b6-5+,26-20-. The van der Waals surface area contributed by atoms with Gasteiger partial charge in [-0.3, -0.25) is 4.21 Å². The minimum atomic E-state index is -4.63. The van der Waals surface area contributed by atoms with Gasteiger partial charge >= 0.3 is 6.18 Å². The SMILES string of the molecule is C/C=C/COc1cc(C)c(OCCCCCCS(=O)C/C(=N/OC)C(F)(F)F)c(C)c1. The van der Waals surface area contributed by atoms with Crippen LogP contribution in [0.5, 0.6) is 11.5 Å². The normalized spacial score (nSPS) is 13.5. The maximum absolute atomic E-state index is 12.7. The van der Waals surface area contributed by atoms with E-state index >= 15 is 0 Å². The second-order valence-corrected chi connectivity index (χ2v) is 8.61. The minimum absolute atomic E-state index is 0.201. The molecule has 1 unspecified atom stereocenters.